The van der Waals surface area contributed by atoms with Crippen LogP contribution in [-0.4, -0.2) is 32.4 Å². The molecule has 2 atom stereocenters. The maximum Gasteiger partial charge on any atom is 0.354 e. The van der Waals surface area contributed by atoms with Gasteiger partial charge in [-0.3, -0.25) is 4.57 Å². The average molecular weight is 212 g/mol. The van der Waals surface area contributed by atoms with Crippen LogP contribution in [0, 0.1) is 0 Å². The lowest BCUT2D eigenvalue weighted by Crippen LogP contribution is -2.28. The highest BCUT2D eigenvalue weighted by Crippen LogP contribution is 2.26. The van der Waals surface area contributed by atoms with Gasteiger partial charge in [-0.1, -0.05) is 0 Å². The third-order valence-electron chi connectivity index (χ3n) is 2.34. The standard InChI is InChI=1S/C8H12N4O3/c9-7-10-4-12(8(14)11-7)6-2-1-5(3-13)15-6/h4-6,13H,1-3H2,(H2,9,11,14)/t5-,6?/m0/s1. The number of hydrogen-bond donors (Lipinski definition) is 2. The van der Waals surface area contributed by atoms with Crippen molar-refractivity contribution in [3.05, 3.63) is 16.8 Å². The van der Waals surface area contributed by atoms with Crippen molar-refractivity contribution in [3.8, 4) is 0 Å². The number of rotatable bonds is 2. The number of nitrogen functional groups attached to an aromatic ring is 1. The summed E-state index contributed by atoms with van der Waals surface area (Å²) < 4.78 is 6.69. The molecule has 0 spiro atoms. The monoisotopic (exact) mass is 212 g/mol. The minimum Gasteiger partial charge on any atom is -0.394 e. The number of aliphatic hydroxyl groups excluding tert-OH is 1. The number of nitrogens with zero attached hydrogens (tertiary/aromatic N) is 3. The van der Waals surface area contributed by atoms with Crippen molar-refractivity contribution in [1.82, 2.24) is 14.5 Å². The van der Waals surface area contributed by atoms with E-state index in [0.29, 0.717) is 6.42 Å². The van der Waals surface area contributed by atoms with E-state index in [2.05, 4.69) is 9.97 Å². The molecule has 7 heteroatoms. The van der Waals surface area contributed by atoms with Gasteiger partial charge in [0.05, 0.1) is 12.7 Å². The van der Waals surface area contributed by atoms with Crippen LogP contribution in [0.15, 0.2) is 11.1 Å². The number of hydrogen-bond acceptors (Lipinski definition) is 6. The molecule has 15 heavy (non-hydrogen) atoms. The van der Waals surface area contributed by atoms with Gasteiger partial charge in [-0.2, -0.15) is 4.98 Å². The molecule has 1 aliphatic heterocycles. The topological polar surface area (TPSA) is 103 Å². The van der Waals surface area contributed by atoms with Gasteiger partial charge in [0.15, 0.2) is 0 Å². The van der Waals surface area contributed by atoms with E-state index in [1.165, 1.54) is 10.9 Å². The van der Waals surface area contributed by atoms with Crippen LogP contribution in [0.3, 0.4) is 0 Å². The Morgan fingerprint density at radius 1 is 1.67 bits per heavy atom. The fourth-order valence-electron chi connectivity index (χ4n) is 1.58. The minimum atomic E-state index is -0.480. The Bertz CT molecular complexity index is 405. The summed E-state index contributed by atoms with van der Waals surface area (Å²) in [5, 5.41) is 8.88. The lowest BCUT2D eigenvalue weighted by Gasteiger charge is -2.13. The number of aromatic nitrogens is 3. The quantitative estimate of drug-likeness (QED) is 0.644. The second kappa shape index (κ2) is 3.95. The van der Waals surface area contributed by atoms with Gasteiger partial charge in [-0.25, -0.2) is 9.78 Å². The summed E-state index contributed by atoms with van der Waals surface area (Å²) in [6.07, 6.45) is 2.10. The molecule has 0 amide bonds. The molecule has 7 nitrogen and oxygen atoms in total. The third-order valence-corrected chi connectivity index (χ3v) is 2.34. The van der Waals surface area contributed by atoms with E-state index in [4.69, 9.17) is 15.6 Å². The minimum absolute atomic E-state index is 0.0406. The van der Waals surface area contributed by atoms with E-state index in [1.54, 1.807) is 0 Å². The normalized spacial score (nSPS) is 25.7. The molecule has 0 aliphatic carbocycles. The number of nitrogens with two attached hydrogens (primary N) is 1. The summed E-state index contributed by atoms with van der Waals surface area (Å²) in [5.41, 5.74) is 4.78. The second-order valence-electron chi connectivity index (χ2n) is 3.38. The van der Waals surface area contributed by atoms with Gasteiger partial charge in [0.1, 0.15) is 12.6 Å². The Balaban J connectivity index is 2.20. The number of anilines is 1. The molecule has 0 bridgehead atoms. The molecule has 1 aromatic rings. The van der Waals surface area contributed by atoms with Gasteiger partial charge in [0, 0.05) is 0 Å². The molecule has 82 valence electrons. The zero-order valence-corrected chi connectivity index (χ0v) is 8.04. The van der Waals surface area contributed by atoms with Crippen molar-refractivity contribution in [1.29, 1.82) is 0 Å². The highest BCUT2D eigenvalue weighted by molar-refractivity contribution is 5.09. The number of ether oxygens (including phenoxy) is 1. The Labute approximate surface area is 85.5 Å². The predicted octanol–water partition coefficient (Wildman–Crippen LogP) is -1.11. The molecule has 1 fully saturated rings. The van der Waals surface area contributed by atoms with Gasteiger partial charge in [-0.05, 0) is 12.8 Å². The first-order valence-electron chi connectivity index (χ1n) is 4.67. The van der Waals surface area contributed by atoms with Crippen LogP contribution >= 0.6 is 0 Å². The summed E-state index contributed by atoms with van der Waals surface area (Å²) in [6.45, 7) is -0.0406. The van der Waals surface area contributed by atoms with Crippen LogP contribution < -0.4 is 11.4 Å². The average Bonchev–Trinajstić information content (AvgIpc) is 2.66. The zero-order valence-electron chi connectivity index (χ0n) is 8.04. The molecule has 0 saturated carbocycles. The molecule has 1 aromatic heterocycles. The van der Waals surface area contributed by atoms with Crippen LogP contribution in [0.5, 0.6) is 0 Å². The van der Waals surface area contributed by atoms with E-state index < -0.39 is 11.9 Å². The highest BCUT2D eigenvalue weighted by atomic mass is 16.5. The molecular formula is C8H12N4O3. The largest absolute Gasteiger partial charge is 0.394 e. The maximum absolute atomic E-state index is 11.4. The first kappa shape index (κ1) is 10.1. The van der Waals surface area contributed by atoms with E-state index in [0.717, 1.165) is 6.42 Å². The van der Waals surface area contributed by atoms with Gasteiger partial charge in [0.25, 0.3) is 0 Å². The van der Waals surface area contributed by atoms with Crippen LogP contribution in [0.2, 0.25) is 0 Å². The predicted molar refractivity (Wildman–Crippen MR) is 50.9 cm³/mol. The van der Waals surface area contributed by atoms with Crippen molar-refractivity contribution in [2.75, 3.05) is 12.3 Å². The molecule has 2 rings (SSSR count). The first-order chi connectivity index (χ1) is 7.20. The summed E-state index contributed by atoms with van der Waals surface area (Å²) in [5.74, 6) is -0.0482. The highest BCUT2D eigenvalue weighted by Gasteiger charge is 2.26. The van der Waals surface area contributed by atoms with E-state index in [9.17, 15) is 4.79 Å². The first-order valence-corrected chi connectivity index (χ1v) is 4.67. The van der Waals surface area contributed by atoms with Crippen LogP contribution in [-0.2, 0) is 4.74 Å². The SMILES string of the molecule is Nc1ncn(C2CC[C@@H](CO)O2)c(=O)n1. The molecule has 2 heterocycles. The second-order valence-corrected chi connectivity index (χ2v) is 3.38. The maximum atomic E-state index is 11.4. The van der Waals surface area contributed by atoms with Crippen molar-refractivity contribution in [2.45, 2.75) is 25.2 Å². The zero-order chi connectivity index (χ0) is 10.8. The Kier molecular flexibility index (Phi) is 2.65. The van der Waals surface area contributed by atoms with Crippen LogP contribution in [0.1, 0.15) is 19.1 Å². The van der Waals surface area contributed by atoms with Crippen molar-refractivity contribution in [2.24, 2.45) is 0 Å². The summed E-state index contributed by atoms with van der Waals surface area (Å²) in [6, 6.07) is 0. The summed E-state index contributed by atoms with van der Waals surface area (Å²) >= 11 is 0. The van der Waals surface area contributed by atoms with Gasteiger partial charge in [-0.15, -0.1) is 0 Å². The Hall–Kier alpha value is -1.47. The lowest BCUT2D eigenvalue weighted by atomic mass is 10.2. The molecule has 0 aromatic carbocycles. The molecular weight excluding hydrogens is 200 g/mol. The van der Waals surface area contributed by atoms with Crippen molar-refractivity contribution in [3.63, 3.8) is 0 Å². The van der Waals surface area contributed by atoms with E-state index in [-0.39, 0.29) is 18.7 Å². The van der Waals surface area contributed by atoms with Gasteiger partial charge >= 0.3 is 5.69 Å². The molecule has 1 saturated heterocycles. The summed E-state index contributed by atoms with van der Waals surface area (Å²) in [7, 11) is 0. The molecule has 1 unspecified atom stereocenters. The summed E-state index contributed by atoms with van der Waals surface area (Å²) in [4.78, 5) is 18.6. The smallest absolute Gasteiger partial charge is 0.354 e. The Morgan fingerprint density at radius 2 is 2.47 bits per heavy atom. The van der Waals surface area contributed by atoms with Crippen molar-refractivity contribution < 1.29 is 9.84 Å². The Morgan fingerprint density at radius 3 is 3.07 bits per heavy atom. The number of aliphatic hydroxyl groups is 1. The lowest BCUT2D eigenvalue weighted by molar-refractivity contribution is -0.0250. The van der Waals surface area contributed by atoms with Crippen LogP contribution in [0.4, 0.5) is 5.95 Å². The fraction of sp³-hybridized carbons (Fsp3) is 0.625. The molecule has 3 N–H and O–H groups in total. The molecule has 0 radical (unpaired) electrons. The van der Waals surface area contributed by atoms with Crippen molar-refractivity contribution >= 4 is 5.95 Å². The molecule has 1 aliphatic rings. The van der Waals surface area contributed by atoms with Gasteiger partial charge < -0.3 is 15.6 Å². The van der Waals surface area contributed by atoms with E-state index in [1.807, 2.05) is 0 Å². The third kappa shape index (κ3) is 1.97. The fourth-order valence-corrected chi connectivity index (χ4v) is 1.58. The van der Waals surface area contributed by atoms with Crippen LogP contribution in [0.25, 0.3) is 0 Å². The van der Waals surface area contributed by atoms with Gasteiger partial charge in [0.2, 0.25) is 5.95 Å². The van der Waals surface area contributed by atoms with E-state index >= 15 is 0 Å².